The van der Waals surface area contributed by atoms with E-state index in [1.54, 1.807) is 0 Å². The second kappa shape index (κ2) is 3.81. The highest BCUT2D eigenvalue weighted by Gasteiger charge is 2.45. The molecule has 0 aromatic carbocycles. The van der Waals surface area contributed by atoms with E-state index < -0.39 is 0 Å². The van der Waals surface area contributed by atoms with Crippen molar-refractivity contribution in [3.63, 3.8) is 0 Å². The molecule has 1 aromatic rings. The third-order valence-corrected chi connectivity index (χ3v) is 4.57. The number of hydrogen-bond acceptors (Lipinski definition) is 3. The van der Waals surface area contributed by atoms with E-state index in [-0.39, 0.29) is 17.5 Å². The van der Waals surface area contributed by atoms with E-state index in [0.29, 0.717) is 35.5 Å². The van der Waals surface area contributed by atoms with Gasteiger partial charge in [0.1, 0.15) is 6.26 Å². The first-order chi connectivity index (χ1) is 8.50. The van der Waals surface area contributed by atoms with Crippen LogP contribution in [0, 0.1) is 17.8 Å². The largest absolute Gasteiger partial charge is 0.460 e. The van der Waals surface area contributed by atoms with Crippen LogP contribution in [0.1, 0.15) is 66.0 Å². The van der Waals surface area contributed by atoms with E-state index in [1.807, 2.05) is 6.92 Å². The molecule has 0 radical (unpaired) electrons. The lowest BCUT2D eigenvalue weighted by molar-refractivity contribution is 0.0828. The Morgan fingerprint density at radius 1 is 1.33 bits per heavy atom. The second-order valence-corrected chi connectivity index (χ2v) is 6.03. The third-order valence-electron chi connectivity index (χ3n) is 4.57. The normalized spacial score (nSPS) is 30.8. The molecule has 3 nitrogen and oxygen atoms in total. The molecule has 0 N–H and O–H groups in total. The van der Waals surface area contributed by atoms with Crippen LogP contribution in [0.2, 0.25) is 0 Å². The summed E-state index contributed by atoms with van der Waals surface area (Å²) in [6, 6.07) is 0. The number of hydrogen-bond donors (Lipinski definition) is 0. The number of carbonyl (C=O) groups excluding carboxylic acids is 2. The Labute approximate surface area is 107 Å². The van der Waals surface area contributed by atoms with Gasteiger partial charge >= 0.3 is 0 Å². The van der Waals surface area contributed by atoms with Crippen LogP contribution in [0.3, 0.4) is 0 Å². The first kappa shape index (κ1) is 11.7. The van der Waals surface area contributed by atoms with Gasteiger partial charge in [-0.2, -0.15) is 0 Å². The Balaban J connectivity index is 2.17. The van der Waals surface area contributed by atoms with Gasteiger partial charge < -0.3 is 4.42 Å². The Morgan fingerprint density at radius 3 is 2.72 bits per heavy atom. The predicted octanol–water partition coefficient (Wildman–Crippen LogP) is 3.44. The topological polar surface area (TPSA) is 47.3 Å². The van der Waals surface area contributed by atoms with Gasteiger partial charge in [0.15, 0.2) is 11.5 Å². The van der Waals surface area contributed by atoms with Crippen molar-refractivity contribution >= 4 is 11.6 Å². The Morgan fingerprint density at radius 2 is 2.06 bits per heavy atom. The number of Topliss-reactive ketones (excluding diaryl/α,β-unsaturated/α-hetero) is 2. The molecule has 1 aromatic heterocycles. The molecule has 0 unspecified atom stereocenters. The molecule has 0 fully saturated rings. The molecule has 0 spiro atoms. The summed E-state index contributed by atoms with van der Waals surface area (Å²) in [6.45, 7) is 6.27. The molecule has 0 saturated heterocycles. The molecule has 2 aliphatic rings. The highest BCUT2D eigenvalue weighted by atomic mass is 16.3. The smallest absolute Gasteiger partial charge is 0.201 e. The molecule has 1 heterocycles. The van der Waals surface area contributed by atoms with Crippen molar-refractivity contribution in [2.45, 2.75) is 39.5 Å². The Bertz CT molecular complexity index is 524. The minimum atomic E-state index is 0.0101. The van der Waals surface area contributed by atoms with E-state index in [4.69, 9.17) is 4.42 Å². The molecule has 0 amide bonds. The van der Waals surface area contributed by atoms with Crippen LogP contribution in [-0.4, -0.2) is 11.6 Å². The minimum absolute atomic E-state index is 0.0101. The summed E-state index contributed by atoms with van der Waals surface area (Å²) >= 11 is 0. The van der Waals surface area contributed by atoms with Gasteiger partial charge in [-0.1, -0.05) is 20.8 Å². The summed E-state index contributed by atoms with van der Waals surface area (Å²) in [5.74, 6) is 1.77. The van der Waals surface area contributed by atoms with Crippen molar-refractivity contribution in [1.29, 1.82) is 0 Å². The zero-order valence-corrected chi connectivity index (χ0v) is 11.0. The summed E-state index contributed by atoms with van der Waals surface area (Å²) < 4.78 is 5.40. The maximum atomic E-state index is 12.1. The fourth-order valence-electron chi connectivity index (χ4n) is 3.53. The number of ketones is 2. The van der Waals surface area contributed by atoms with Crippen LogP contribution < -0.4 is 0 Å². The molecule has 3 rings (SSSR count). The molecular weight excluding hydrogens is 228 g/mol. The van der Waals surface area contributed by atoms with Gasteiger partial charge in [0, 0.05) is 17.9 Å². The maximum Gasteiger partial charge on any atom is 0.201 e. The average Bonchev–Trinajstić information content (AvgIpc) is 2.75. The summed E-state index contributed by atoms with van der Waals surface area (Å²) in [6.07, 6.45) is 2.94. The van der Waals surface area contributed by atoms with Crippen molar-refractivity contribution in [3.8, 4) is 0 Å². The minimum Gasteiger partial charge on any atom is -0.460 e. The van der Waals surface area contributed by atoms with Crippen molar-refractivity contribution in [1.82, 2.24) is 0 Å². The first-order valence-corrected chi connectivity index (χ1v) is 6.69. The van der Waals surface area contributed by atoms with Crippen LogP contribution in [-0.2, 0) is 0 Å². The van der Waals surface area contributed by atoms with Gasteiger partial charge in [-0.3, -0.25) is 9.59 Å². The van der Waals surface area contributed by atoms with Crippen LogP contribution in [0.25, 0.3) is 0 Å². The van der Waals surface area contributed by atoms with Gasteiger partial charge in [-0.25, -0.2) is 0 Å². The monoisotopic (exact) mass is 246 g/mol. The molecule has 96 valence electrons. The molecular formula is C15H18O3. The molecule has 3 heteroatoms. The van der Waals surface area contributed by atoms with Crippen molar-refractivity contribution in [3.05, 3.63) is 23.2 Å². The molecule has 18 heavy (non-hydrogen) atoms. The Hall–Kier alpha value is -1.38. The highest BCUT2D eigenvalue weighted by molar-refractivity contribution is 6.05. The maximum absolute atomic E-state index is 12.1. The summed E-state index contributed by atoms with van der Waals surface area (Å²) in [7, 11) is 0. The van der Waals surface area contributed by atoms with E-state index in [9.17, 15) is 9.59 Å². The SMILES string of the molecule is CC(C)[C@H]1CC(=O)c2coc3c2[C@@H]1C[C@H](C)C3=O. The molecule has 2 aliphatic carbocycles. The van der Waals surface area contributed by atoms with Crippen molar-refractivity contribution in [2.24, 2.45) is 17.8 Å². The lowest BCUT2D eigenvalue weighted by Crippen LogP contribution is -2.34. The number of carbonyl (C=O) groups is 2. The zero-order chi connectivity index (χ0) is 13.0. The zero-order valence-electron chi connectivity index (χ0n) is 11.0. The lowest BCUT2D eigenvalue weighted by Gasteiger charge is -2.37. The van der Waals surface area contributed by atoms with E-state index >= 15 is 0 Å². The fourth-order valence-corrected chi connectivity index (χ4v) is 3.53. The summed E-state index contributed by atoms with van der Waals surface area (Å²) in [4.78, 5) is 24.2. The van der Waals surface area contributed by atoms with Gasteiger partial charge in [-0.05, 0) is 24.2 Å². The molecule has 0 saturated carbocycles. The third kappa shape index (κ3) is 1.43. The quantitative estimate of drug-likeness (QED) is 0.762. The standard InChI is InChI=1S/C15H18O3/c1-7(2)9-5-12(16)11-6-18-15-13(11)10(9)4-8(3)14(15)17/h6-10H,4-5H2,1-3H3/t8-,9+,10+/m0/s1. The Kier molecular flexibility index (Phi) is 2.47. The van der Waals surface area contributed by atoms with Gasteiger partial charge in [0.25, 0.3) is 0 Å². The predicted molar refractivity (Wildman–Crippen MR) is 66.8 cm³/mol. The van der Waals surface area contributed by atoms with Crippen LogP contribution in [0.4, 0.5) is 0 Å². The average molecular weight is 246 g/mol. The van der Waals surface area contributed by atoms with Gasteiger partial charge in [0.05, 0.1) is 5.56 Å². The van der Waals surface area contributed by atoms with Crippen molar-refractivity contribution in [2.75, 3.05) is 0 Å². The molecule has 0 aliphatic heterocycles. The van der Waals surface area contributed by atoms with Gasteiger partial charge in [0.2, 0.25) is 5.78 Å². The highest BCUT2D eigenvalue weighted by Crippen LogP contribution is 2.49. The first-order valence-electron chi connectivity index (χ1n) is 6.69. The van der Waals surface area contributed by atoms with E-state index in [1.165, 1.54) is 6.26 Å². The number of furan rings is 1. The van der Waals surface area contributed by atoms with E-state index in [0.717, 1.165) is 12.0 Å². The summed E-state index contributed by atoms with van der Waals surface area (Å²) in [5, 5.41) is 0. The number of rotatable bonds is 1. The van der Waals surface area contributed by atoms with E-state index in [2.05, 4.69) is 13.8 Å². The lowest BCUT2D eigenvalue weighted by atomic mass is 9.64. The molecule has 0 bridgehead atoms. The van der Waals surface area contributed by atoms with Crippen molar-refractivity contribution < 1.29 is 14.0 Å². The second-order valence-electron chi connectivity index (χ2n) is 6.03. The van der Waals surface area contributed by atoms with Crippen LogP contribution in [0.5, 0.6) is 0 Å². The van der Waals surface area contributed by atoms with Crippen LogP contribution >= 0.6 is 0 Å². The molecule has 3 atom stereocenters. The fraction of sp³-hybridized carbons (Fsp3) is 0.600. The van der Waals surface area contributed by atoms with Gasteiger partial charge in [-0.15, -0.1) is 0 Å². The van der Waals surface area contributed by atoms with Crippen LogP contribution in [0.15, 0.2) is 10.7 Å². The summed E-state index contributed by atoms with van der Waals surface area (Å²) in [5.41, 5.74) is 1.57.